The quantitative estimate of drug-likeness (QED) is 0.443. The lowest BCUT2D eigenvalue weighted by Gasteiger charge is -2.06. The molecule has 5 aromatic rings. The van der Waals surface area contributed by atoms with E-state index in [1.807, 2.05) is 55.0 Å². The molecule has 1 amide bonds. The predicted molar refractivity (Wildman–Crippen MR) is 121 cm³/mol. The molecule has 0 saturated carbocycles. The summed E-state index contributed by atoms with van der Waals surface area (Å²) in [6, 6.07) is 3.69. The molecule has 162 valence electrons. The van der Waals surface area contributed by atoms with Gasteiger partial charge in [-0.15, -0.1) is 0 Å². The van der Waals surface area contributed by atoms with Crippen molar-refractivity contribution in [2.24, 2.45) is 7.05 Å². The molecule has 0 aliphatic carbocycles. The smallest absolute Gasteiger partial charge is 0.269 e. The molecule has 5 heterocycles. The van der Waals surface area contributed by atoms with E-state index in [-0.39, 0.29) is 5.91 Å². The molecule has 0 spiro atoms. The second-order valence-electron chi connectivity index (χ2n) is 7.96. The molecule has 5 rings (SSSR count). The van der Waals surface area contributed by atoms with E-state index >= 15 is 0 Å². The van der Waals surface area contributed by atoms with E-state index in [9.17, 15) is 4.79 Å². The number of fused-ring (bicyclic) bond motifs is 2. The number of carbonyl (C=O) groups is 1. The summed E-state index contributed by atoms with van der Waals surface area (Å²) in [5.41, 5.74) is 5.50. The molecule has 10 heteroatoms. The van der Waals surface area contributed by atoms with Crippen LogP contribution in [-0.4, -0.2) is 66.2 Å². The fourth-order valence-corrected chi connectivity index (χ4v) is 3.87. The monoisotopic (exact) mass is 429 g/mol. The number of pyridine rings is 2. The first-order chi connectivity index (χ1) is 15.4. The van der Waals surface area contributed by atoms with Crippen molar-refractivity contribution in [3.8, 4) is 17.1 Å². The lowest BCUT2D eigenvalue weighted by molar-refractivity contribution is 0.0958. The summed E-state index contributed by atoms with van der Waals surface area (Å²) in [7, 11) is 7.58. The van der Waals surface area contributed by atoms with Gasteiger partial charge in [0.05, 0.1) is 23.6 Å². The predicted octanol–water partition coefficient (Wildman–Crippen LogP) is 2.12. The molecule has 0 atom stereocenters. The number of rotatable bonds is 5. The Labute approximate surface area is 183 Å². The van der Waals surface area contributed by atoms with Crippen molar-refractivity contribution in [2.45, 2.75) is 6.54 Å². The van der Waals surface area contributed by atoms with Crippen LogP contribution in [0.15, 0.2) is 43.1 Å². The number of H-pyrrole nitrogens is 1. The Morgan fingerprint density at radius 3 is 2.84 bits per heavy atom. The normalized spacial score (nSPS) is 11.7. The summed E-state index contributed by atoms with van der Waals surface area (Å²) < 4.78 is 3.80. The Morgan fingerprint density at radius 2 is 2.06 bits per heavy atom. The van der Waals surface area contributed by atoms with Crippen LogP contribution >= 0.6 is 0 Å². The van der Waals surface area contributed by atoms with Gasteiger partial charge in [-0.3, -0.25) is 4.79 Å². The SMILES string of the molecule is CNC(=O)c1cc2c(-c3nc4nccc(-n5cc(CN(C)C)cn5)c4[nH]3)cn(C)c2cn1. The minimum atomic E-state index is -0.234. The number of hydrogen-bond acceptors (Lipinski definition) is 6. The van der Waals surface area contributed by atoms with Crippen LogP contribution in [0.3, 0.4) is 0 Å². The molecule has 0 saturated heterocycles. The fraction of sp³-hybridized carbons (Fsp3) is 0.227. The Kier molecular flexibility index (Phi) is 4.71. The first-order valence-corrected chi connectivity index (χ1v) is 10.2. The average molecular weight is 429 g/mol. The van der Waals surface area contributed by atoms with Crippen molar-refractivity contribution in [2.75, 3.05) is 21.1 Å². The minimum Gasteiger partial charge on any atom is -0.354 e. The molecule has 32 heavy (non-hydrogen) atoms. The van der Waals surface area contributed by atoms with Gasteiger partial charge in [-0.1, -0.05) is 0 Å². The highest BCUT2D eigenvalue weighted by Gasteiger charge is 2.18. The Bertz CT molecular complexity index is 1460. The van der Waals surface area contributed by atoms with Crippen LogP contribution in [0, 0.1) is 0 Å². The van der Waals surface area contributed by atoms with Gasteiger partial charge in [0.1, 0.15) is 17.0 Å². The third kappa shape index (κ3) is 3.30. The van der Waals surface area contributed by atoms with E-state index in [1.54, 1.807) is 25.5 Å². The van der Waals surface area contributed by atoms with Gasteiger partial charge in [-0.25, -0.2) is 19.6 Å². The van der Waals surface area contributed by atoms with E-state index in [4.69, 9.17) is 4.98 Å². The van der Waals surface area contributed by atoms with E-state index in [0.29, 0.717) is 17.2 Å². The molecule has 0 radical (unpaired) electrons. The summed E-state index contributed by atoms with van der Waals surface area (Å²) in [6.07, 6.45) is 9.27. The summed E-state index contributed by atoms with van der Waals surface area (Å²) in [5.74, 6) is 0.433. The van der Waals surface area contributed by atoms with Gasteiger partial charge in [0.2, 0.25) is 0 Å². The Balaban J connectivity index is 1.63. The summed E-state index contributed by atoms with van der Waals surface area (Å²) in [5, 5.41) is 8.03. The van der Waals surface area contributed by atoms with Crippen molar-refractivity contribution in [3.63, 3.8) is 0 Å². The Hall–Kier alpha value is -4.05. The second-order valence-corrected chi connectivity index (χ2v) is 7.96. The maximum Gasteiger partial charge on any atom is 0.269 e. The first-order valence-electron chi connectivity index (χ1n) is 10.2. The summed E-state index contributed by atoms with van der Waals surface area (Å²) >= 11 is 0. The average Bonchev–Trinajstić information content (AvgIpc) is 3.49. The second kappa shape index (κ2) is 7.57. The number of aromatic amines is 1. The van der Waals surface area contributed by atoms with Crippen LogP contribution in [0.5, 0.6) is 0 Å². The van der Waals surface area contributed by atoms with E-state index < -0.39 is 0 Å². The highest BCUT2D eigenvalue weighted by molar-refractivity contribution is 6.01. The maximum absolute atomic E-state index is 12.1. The number of nitrogens with one attached hydrogen (secondary N) is 2. The van der Waals surface area contributed by atoms with E-state index in [2.05, 4.69) is 30.3 Å². The molecule has 0 aliphatic heterocycles. The van der Waals surface area contributed by atoms with Crippen LogP contribution in [0.4, 0.5) is 0 Å². The zero-order valence-corrected chi connectivity index (χ0v) is 18.3. The van der Waals surface area contributed by atoms with Crippen LogP contribution < -0.4 is 5.32 Å². The van der Waals surface area contributed by atoms with Crippen molar-refractivity contribution in [1.29, 1.82) is 0 Å². The zero-order chi connectivity index (χ0) is 22.4. The number of carbonyl (C=O) groups excluding carboxylic acids is 1. The number of amides is 1. The van der Waals surface area contributed by atoms with Crippen LogP contribution in [-0.2, 0) is 13.6 Å². The van der Waals surface area contributed by atoms with Gasteiger partial charge >= 0.3 is 0 Å². The third-order valence-corrected chi connectivity index (χ3v) is 5.34. The Morgan fingerprint density at radius 1 is 1.22 bits per heavy atom. The van der Waals surface area contributed by atoms with E-state index in [1.165, 1.54) is 0 Å². The number of imidazole rings is 1. The maximum atomic E-state index is 12.1. The largest absolute Gasteiger partial charge is 0.354 e. The standard InChI is InChI=1S/C22H23N9O/c1-23-22(32)16-7-14-15(12-30(4)18(14)9-25-16)20-27-19-17(5-6-24-21(19)28-20)31-11-13(8-26-31)10-29(2)3/h5-9,11-12H,10H2,1-4H3,(H,23,32)(H,24,27,28). The summed E-state index contributed by atoms with van der Waals surface area (Å²) in [4.78, 5) is 31.1. The van der Waals surface area contributed by atoms with Crippen LogP contribution in [0.1, 0.15) is 16.1 Å². The lowest BCUT2D eigenvalue weighted by Crippen LogP contribution is -2.18. The third-order valence-electron chi connectivity index (χ3n) is 5.34. The highest BCUT2D eigenvalue weighted by atomic mass is 16.1. The van der Waals surface area contributed by atoms with Gasteiger partial charge in [-0.2, -0.15) is 5.10 Å². The van der Waals surface area contributed by atoms with Gasteiger partial charge < -0.3 is 19.8 Å². The van der Waals surface area contributed by atoms with Crippen LogP contribution in [0.2, 0.25) is 0 Å². The molecular formula is C22H23N9O. The van der Waals surface area contributed by atoms with Crippen molar-refractivity contribution in [1.82, 2.24) is 44.5 Å². The highest BCUT2D eigenvalue weighted by Crippen LogP contribution is 2.31. The molecule has 0 aliphatic rings. The van der Waals surface area contributed by atoms with Crippen molar-refractivity contribution < 1.29 is 4.79 Å². The van der Waals surface area contributed by atoms with Gasteiger partial charge in [-0.05, 0) is 26.2 Å². The lowest BCUT2D eigenvalue weighted by atomic mass is 10.1. The number of aromatic nitrogens is 7. The summed E-state index contributed by atoms with van der Waals surface area (Å²) in [6.45, 7) is 0.806. The number of aryl methyl sites for hydroxylation is 1. The number of hydrogen-bond donors (Lipinski definition) is 2. The molecule has 0 bridgehead atoms. The number of nitrogens with zero attached hydrogens (tertiary/aromatic N) is 7. The van der Waals surface area contributed by atoms with Crippen molar-refractivity contribution >= 4 is 28.0 Å². The zero-order valence-electron chi connectivity index (χ0n) is 18.3. The molecular weight excluding hydrogens is 406 g/mol. The molecule has 0 aromatic carbocycles. The van der Waals surface area contributed by atoms with Crippen molar-refractivity contribution in [3.05, 3.63) is 54.4 Å². The molecule has 2 N–H and O–H groups in total. The first kappa shape index (κ1) is 19.9. The fourth-order valence-electron chi connectivity index (χ4n) is 3.87. The van der Waals surface area contributed by atoms with Gasteiger partial charge in [0.25, 0.3) is 5.91 Å². The van der Waals surface area contributed by atoms with Gasteiger partial charge in [0.15, 0.2) is 5.65 Å². The van der Waals surface area contributed by atoms with Crippen LogP contribution in [0.25, 0.3) is 39.1 Å². The molecule has 5 aromatic heterocycles. The van der Waals surface area contributed by atoms with Gasteiger partial charge in [0, 0.05) is 55.7 Å². The molecule has 0 fully saturated rings. The minimum absolute atomic E-state index is 0.234. The topological polar surface area (TPSA) is 110 Å². The molecule has 0 unspecified atom stereocenters. The van der Waals surface area contributed by atoms with E-state index in [0.717, 1.165) is 39.8 Å². The molecule has 10 nitrogen and oxygen atoms in total.